The van der Waals surface area contributed by atoms with Gasteiger partial charge in [0.1, 0.15) is 0 Å². The first-order valence-electron chi connectivity index (χ1n) is 8.82. The van der Waals surface area contributed by atoms with E-state index in [4.69, 9.17) is 0 Å². The molecule has 1 rings (SSSR count). The van der Waals surface area contributed by atoms with Crippen molar-refractivity contribution in [1.82, 2.24) is 10.2 Å². The number of hydrogen-bond acceptors (Lipinski definition) is 2. The zero-order chi connectivity index (χ0) is 15.2. The number of nitrogens with zero attached hydrogens (tertiary/aromatic N) is 1. The first kappa shape index (κ1) is 18.0. The lowest BCUT2D eigenvalue weighted by Gasteiger charge is -2.39. The average molecular weight is 283 g/mol. The minimum atomic E-state index is 0.338. The van der Waals surface area contributed by atoms with Gasteiger partial charge in [-0.1, -0.05) is 54.4 Å². The van der Waals surface area contributed by atoms with Crippen molar-refractivity contribution >= 4 is 0 Å². The molecule has 0 aromatic carbocycles. The van der Waals surface area contributed by atoms with Crippen LogP contribution < -0.4 is 5.32 Å². The van der Waals surface area contributed by atoms with Crippen molar-refractivity contribution in [2.45, 2.75) is 85.7 Å². The molecule has 1 aliphatic carbocycles. The molecule has 0 bridgehead atoms. The van der Waals surface area contributed by atoms with Crippen molar-refractivity contribution in [2.75, 3.05) is 19.6 Å². The summed E-state index contributed by atoms with van der Waals surface area (Å²) >= 11 is 0. The van der Waals surface area contributed by atoms with Crippen molar-refractivity contribution in [3.63, 3.8) is 0 Å². The average Bonchev–Trinajstić information content (AvgIpc) is 2.85. The van der Waals surface area contributed by atoms with E-state index in [1.54, 1.807) is 0 Å². The molecule has 20 heavy (non-hydrogen) atoms. The number of rotatable bonds is 8. The monoisotopic (exact) mass is 282 g/mol. The fraction of sp³-hybridized carbons (Fsp3) is 1.00. The highest BCUT2D eigenvalue weighted by atomic mass is 15.2. The molecule has 2 heteroatoms. The third kappa shape index (κ3) is 6.13. The zero-order valence-corrected chi connectivity index (χ0v) is 14.8. The van der Waals surface area contributed by atoms with Gasteiger partial charge in [0.2, 0.25) is 0 Å². The zero-order valence-electron chi connectivity index (χ0n) is 14.8. The number of nitrogens with one attached hydrogen (secondary N) is 1. The SMILES string of the molecule is CCNC(CN(CCC(C)C)C1CCCC1)C(C)(C)C. The highest BCUT2D eigenvalue weighted by Crippen LogP contribution is 2.27. The molecule has 0 amide bonds. The molecule has 0 aromatic rings. The molecule has 2 nitrogen and oxygen atoms in total. The van der Waals surface area contributed by atoms with E-state index in [-0.39, 0.29) is 0 Å². The normalized spacial score (nSPS) is 19.2. The summed E-state index contributed by atoms with van der Waals surface area (Å²) in [6.07, 6.45) is 7.04. The highest BCUT2D eigenvalue weighted by Gasteiger charge is 2.30. The van der Waals surface area contributed by atoms with E-state index < -0.39 is 0 Å². The van der Waals surface area contributed by atoms with Crippen LogP contribution in [0.25, 0.3) is 0 Å². The van der Waals surface area contributed by atoms with Crippen LogP contribution in [0.15, 0.2) is 0 Å². The molecule has 0 spiro atoms. The standard InChI is InChI=1S/C18H38N2/c1-7-19-17(18(4,5)6)14-20(13-12-15(2)3)16-10-8-9-11-16/h15-17,19H,7-14H2,1-6H3. The third-order valence-corrected chi connectivity index (χ3v) is 4.75. The van der Waals surface area contributed by atoms with Gasteiger partial charge in [-0.25, -0.2) is 0 Å². The second kappa shape index (κ2) is 8.38. The maximum Gasteiger partial charge on any atom is 0.0243 e. The van der Waals surface area contributed by atoms with Gasteiger partial charge in [-0.05, 0) is 43.7 Å². The van der Waals surface area contributed by atoms with Crippen LogP contribution >= 0.6 is 0 Å². The van der Waals surface area contributed by atoms with Crippen LogP contribution in [0.3, 0.4) is 0 Å². The Balaban J connectivity index is 2.64. The molecule has 1 fully saturated rings. The Morgan fingerprint density at radius 2 is 1.75 bits per heavy atom. The summed E-state index contributed by atoms with van der Waals surface area (Å²) in [6.45, 7) is 17.6. The van der Waals surface area contributed by atoms with Crippen LogP contribution in [0.1, 0.15) is 73.6 Å². The third-order valence-electron chi connectivity index (χ3n) is 4.75. The molecular weight excluding hydrogens is 244 g/mol. The Bertz CT molecular complexity index is 249. The van der Waals surface area contributed by atoms with Gasteiger partial charge in [-0.15, -0.1) is 0 Å². The predicted molar refractivity (Wildman–Crippen MR) is 90.2 cm³/mol. The second-order valence-corrected chi connectivity index (χ2v) is 8.09. The van der Waals surface area contributed by atoms with E-state index in [0.29, 0.717) is 11.5 Å². The first-order valence-corrected chi connectivity index (χ1v) is 8.82. The van der Waals surface area contributed by atoms with Crippen LogP contribution in [-0.4, -0.2) is 36.6 Å². The summed E-state index contributed by atoms with van der Waals surface area (Å²) < 4.78 is 0. The molecule has 0 saturated heterocycles. The van der Waals surface area contributed by atoms with Crippen LogP contribution in [0.5, 0.6) is 0 Å². The Hall–Kier alpha value is -0.0800. The predicted octanol–water partition coefficient (Wildman–Crippen LogP) is 4.30. The van der Waals surface area contributed by atoms with Crippen LogP contribution in [0, 0.1) is 11.3 Å². The molecule has 1 unspecified atom stereocenters. The molecule has 1 saturated carbocycles. The molecular formula is C18H38N2. The van der Waals surface area contributed by atoms with Crippen LogP contribution in [-0.2, 0) is 0 Å². The molecule has 0 heterocycles. The van der Waals surface area contributed by atoms with Crippen molar-refractivity contribution in [1.29, 1.82) is 0 Å². The molecule has 0 radical (unpaired) electrons. The lowest BCUT2D eigenvalue weighted by Crippen LogP contribution is -2.51. The lowest BCUT2D eigenvalue weighted by atomic mass is 9.86. The molecule has 1 aliphatic rings. The van der Waals surface area contributed by atoms with Crippen molar-refractivity contribution in [3.8, 4) is 0 Å². The van der Waals surface area contributed by atoms with E-state index in [1.165, 1.54) is 45.2 Å². The summed E-state index contributed by atoms with van der Waals surface area (Å²) in [7, 11) is 0. The quantitative estimate of drug-likeness (QED) is 0.714. The van der Waals surface area contributed by atoms with Gasteiger partial charge in [-0.2, -0.15) is 0 Å². The smallest absolute Gasteiger partial charge is 0.0243 e. The number of likely N-dealkylation sites (N-methyl/N-ethyl adjacent to an activating group) is 1. The van der Waals surface area contributed by atoms with Gasteiger partial charge in [0.05, 0.1) is 0 Å². The summed E-state index contributed by atoms with van der Waals surface area (Å²) in [5.74, 6) is 0.811. The van der Waals surface area contributed by atoms with Gasteiger partial charge in [-0.3, -0.25) is 4.90 Å². The largest absolute Gasteiger partial charge is 0.312 e. The van der Waals surface area contributed by atoms with Crippen molar-refractivity contribution < 1.29 is 0 Å². The maximum absolute atomic E-state index is 3.72. The molecule has 0 aromatic heterocycles. The topological polar surface area (TPSA) is 15.3 Å². The fourth-order valence-corrected chi connectivity index (χ4v) is 3.24. The van der Waals surface area contributed by atoms with E-state index >= 15 is 0 Å². The van der Waals surface area contributed by atoms with E-state index in [9.17, 15) is 0 Å². The molecule has 1 atom stereocenters. The van der Waals surface area contributed by atoms with E-state index in [1.807, 2.05) is 0 Å². The van der Waals surface area contributed by atoms with Gasteiger partial charge >= 0.3 is 0 Å². The Morgan fingerprint density at radius 1 is 1.15 bits per heavy atom. The second-order valence-electron chi connectivity index (χ2n) is 8.09. The van der Waals surface area contributed by atoms with Crippen molar-refractivity contribution in [2.24, 2.45) is 11.3 Å². The van der Waals surface area contributed by atoms with Crippen LogP contribution in [0.2, 0.25) is 0 Å². The number of hydrogen-bond donors (Lipinski definition) is 1. The lowest BCUT2D eigenvalue weighted by molar-refractivity contribution is 0.129. The van der Waals surface area contributed by atoms with Gasteiger partial charge in [0.15, 0.2) is 0 Å². The van der Waals surface area contributed by atoms with Gasteiger partial charge in [0, 0.05) is 18.6 Å². The summed E-state index contributed by atoms with van der Waals surface area (Å²) in [5.41, 5.74) is 0.338. The molecule has 120 valence electrons. The Morgan fingerprint density at radius 3 is 2.20 bits per heavy atom. The summed E-state index contributed by atoms with van der Waals surface area (Å²) in [4.78, 5) is 2.80. The Kier molecular flexibility index (Phi) is 7.53. The maximum atomic E-state index is 3.72. The summed E-state index contributed by atoms with van der Waals surface area (Å²) in [5, 5.41) is 3.72. The first-order chi connectivity index (χ1) is 9.34. The van der Waals surface area contributed by atoms with E-state index in [2.05, 4.69) is 51.8 Å². The summed E-state index contributed by atoms with van der Waals surface area (Å²) in [6, 6.07) is 1.44. The van der Waals surface area contributed by atoms with Crippen LogP contribution in [0.4, 0.5) is 0 Å². The van der Waals surface area contributed by atoms with Crippen molar-refractivity contribution in [3.05, 3.63) is 0 Å². The fourth-order valence-electron chi connectivity index (χ4n) is 3.24. The minimum absolute atomic E-state index is 0.338. The van der Waals surface area contributed by atoms with Gasteiger partial charge in [0.25, 0.3) is 0 Å². The minimum Gasteiger partial charge on any atom is -0.312 e. The molecule has 0 aliphatic heterocycles. The van der Waals surface area contributed by atoms with E-state index in [0.717, 1.165) is 18.5 Å². The molecule has 1 N–H and O–H groups in total. The highest BCUT2D eigenvalue weighted by molar-refractivity contribution is 4.87. The Labute approximate surface area is 127 Å². The van der Waals surface area contributed by atoms with Gasteiger partial charge < -0.3 is 5.32 Å².